The SMILES string of the molecule is c1ccc(-c2ccc(-c3ccc(N(c4ccc(-c5ccc(-c6ccccc6)cc5)cc4)c4ccc(-c5cccc(-c6ccccc6)c5)c(-c5ccccc5)c4)cc3)cc2)cc1. The van der Waals surface area contributed by atoms with Gasteiger partial charge in [0.25, 0.3) is 0 Å². The van der Waals surface area contributed by atoms with E-state index < -0.39 is 0 Å². The molecule has 0 aliphatic heterocycles. The van der Waals surface area contributed by atoms with Crippen LogP contribution < -0.4 is 4.90 Å². The van der Waals surface area contributed by atoms with E-state index in [4.69, 9.17) is 0 Å². The highest BCUT2D eigenvalue weighted by Gasteiger charge is 2.18. The minimum absolute atomic E-state index is 1.08. The van der Waals surface area contributed by atoms with E-state index in [0.29, 0.717) is 0 Å². The molecule has 0 radical (unpaired) electrons. The van der Waals surface area contributed by atoms with Gasteiger partial charge in [0.2, 0.25) is 0 Å². The van der Waals surface area contributed by atoms with Crippen LogP contribution >= 0.6 is 0 Å². The summed E-state index contributed by atoms with van der Waals surface area (Å²) in [5.74, 6) is 0. The van der Waals surface area contributed by atoms with Gasteiger partial charge in [-0.1, -0.05) is 218 Å². The van der Waals surface area contributed by atoms with Gasteiger partial charge >= 0.3 is 0 Å². The molecule has 0 bridgehead atoms. The lowest BCUT2D eigenvalue weighted by Gasteiger charge is -2.27. The molecule has 10 aromatic rings. The molecule has 0 aliphatic rings. The van der Waals surface area contributed by atoms with Crippen molar-refractivity contribution in [2.75, 3.05) is 4.90 Å². The van der Waals surface area contributed by atoms with Crippen molar-refractivity contribution in [2.45, 2.75) is 0 Å². The average Bonchev–Trinajstić information content (AvgIpc) is 3.36. The van der Waals surface area contributed by atoms with Crippen molar-refractivity contribution in [1.29, 1.82) is 0 Å². The fourth-order valence-corrected chi connectivity index (χ4v) is 8.30. The smallest absolute Gasteiger partial charge is 0.0468 e. The molecular weight excluding hydrogens is 735 g/mol. The van der Waals surface area contributed by atoms with Gasteiger partial charge in [-0.25, -0.2) is 0 Å². The molecule has 0 amide bonds. The first-order valence-corrected chi connectivity index (χ1v) is 20.9. The van der Waals surface area contributed by atoms with Crippen LogP contribution in [0.25, 0.3) is 77.9 Å². The van der Waals surface area contributed by atoms with E-state index in [1.165, 1.54) is 77.9 Å². The summed E-state index contributed by atoms with van der Waals surface area (Å²) in [6.07, 6.45) is 0. The number of rotatable bonds is 10. The van der Waals surface area contributed by atoms with Crippen molar-refractivity contribution in [3.8, 4) is 77.9 Å². The summed E-state index contributed by atoms with van der Waals surface area (Å²) in [7, 11) is 0. The molecular formula is C60H43N. The fourth-order valence-electron chi connectivity index (χ4n) is 8.30. The van der Waals surface area contributed by atoms with E-state index in [0.717, 1.165) is 17.1 Å². The van der Waals surface area contributed by atoms with Crippen molar-refractivity contribution < 1.29 is 0 Å². The maximum atomic E-state index is 2.38. The average molecular weight is 778 g/mol. The number of anilines is 3. The molecule has 0 unspecified atom stereocenters. The quantitative estimate of drug-likeness (QED) is 0.134. The van der Waals surface area contributed by atoms with Crippen molar-refractivity contribution in [2.24, 2.45) is 0 Å². The molecule has 0 fully saturated rings. The topological polar surface area (TPSA) is 3.24 Å². The van der Waals surface area contributed by atoms with Crippen LogP contribution in [0.4, 0.5) is 17.1 Å². The van der Waals surface area contributed by atoms with Crippen molar-refractivity contribution >= 4 is 17.1 Å². The Bertz CT molecular complexity index is 2870. The Morgan fingerprint density at radius 3 is 0.869 bits per heavy atom. The number of nitrogens with zero attached hydrogens (tertiary/aromatic N) is 1. The molecule has 10 rings (SSSR count). The van der Waals surface area contributed by atoms with Gasteiger partial charge in [-0.2, -0.15) is 0 Å². The predicted octanol–water partition coefficient (Wildman–Crippen LogP) is 16.8. The normalized spacial score (nSPS) is 11.0. The summed E-state index contributed by atoms with van der Waals surface area (Å²) in [6.45, 7) is 0. The second-order valence-electron chi connectivity index (χ2n) is 15.4. The molecule has 0 aromatic heterocycles. The van der Waals surface area contributed by atoms with Gasteiger partial charge in [-0.3, -0.25) is 0 Å². The van der Waals surface area contributed by atoms with Crippen LogP contribution in [0.3, 0.4) is 0 Å². The highest BCUT2D eigenvalue weighted by Crippen LogP contribution is 2.42. The lowest BCUT2D eigenvalue weighted by molar-refractivity contribution is 1.28. The molecule has 0 saturated heterocycles. The monoisotopic (exact) mass is 777 g/mol. The van der Waals surface area contributed by atoms with Crippen molar-refractivity contribution in [3.05, 3.63) is 261 Å². The predicted molar refractivity (Wildman–Crippen MR) is 259 cm³/mol. The van der Waals surface area contributed by atoms with Gasteiger partial charge < -0.3 is 4.90 Å². The molecule has 1 heteroatoms. The van der Waals surface area contributed by atoms with Gasteiger partial charge in [-0.05, 0) is 120 Å². The zero-order valence-electron chi connectivity index (χ0n) is 33.8. The summed E-state index contributed by atoms with van der Waals surface area (Å²) in [4.78, 5) is 2.38. The van der Waals surface area contributed by atoms with Gasteiger partial charge in [0, 0.05) is 17.1 Å². The van der Waals surface area contributed by atoms with Gasteiger partial charge in [0.1, 0.15) is 0 Å². The molecule has 288 valence electrons. The Kier molecular flexibility index (Phi) is 10.4. The van der Waals surface area contributed by atoms with Crippen LogP contribution in [0.2, 0.25) is 0 Å². The van der Waals surface area contributed by atoms with Crippen LogP contribution in [0, 0.1) is 0 Å². The molecule has 0 atom stereocenters. The zero-order valence-corrected chi connectivity index (χ0v) is 33.8. The number of hydrogen-bond donors (Lipinski definition) is 0. The van der Waals surface area contributed by atoms with Crippen LogP contribution in [0.15, 0.2) is 261 Å². The number of benzene rings is 10. The summed E-state index contributed by atoms with van der Waals surface area (Å²) in [5.41, 5.74) is 20.0. The molecule has 61 heavy (non-hydrogen) atoms. The highest BCUT2D eigenvalue weighted by molar-refractivity contribution is 5.90. The molecule has 0 heterocycles. The maximum absolute atomic E-state index is 2.38. The van der Waals surface area contributed by atoms with Gasteiger partial charge in [-0.15, -0.1) is 0 Å². The largest absolute Gasteiger partial charge is 0.310 e. The molecule has 0 spiro atoms. The van der Waals surface area contributed by atoms with Crippen LogP contribution in [-0.2, 0) is 0 Å². The zero-order chi connectivity index (χ0) is 40.8. The third kappa shape index (κ3) is 8.06. The van der Waals surface area contributed by atoms with E-state index in [1.54, 1.807) is 0 Å². The van der Waals surface area contributed by atoms with E-state index in [1.807, 2.05) is 0 Å². The first-order chi connectivity index (χ1) is 30.2. The van der Waals surface area contributed by atoms with E-state index in [2.05, 4.69) is 266 Å². The molecule has 0 N–H and O–H groups in total. The molecule has 1 nitrogen and oxygen atoms in total. The molecule has 0 aliphatic carbocycles. The van der Waals surface area contributed by atoms with E-state index in [9.17, 15) is 0 Å². The van der Waals surface area contributed by atoms with Crippen molar-refractivity contribution in [1.82, 2.24) is 0 Å². The Balaban J connectivity index is 1.04. The third-order valence-corrected chi connectivity index (χ3v) is 11.5. The Hall–Kier alpha value is -8.00. The van der Waals surface area contributed by atoms with Crippen LogP contribution in [0.5, 0.6) is 0 Å². The van der Waals surface area contributed by atoms with Gasteiger partial charge in [0.05, 0.1) is 0 Å². The molecule has 0 saturated carbocycles. The second-order valence-corrected chi connectivity index (χ2v) is 15.4. The van der Waals surface area contributed by atoms with Crippen molar-refractivity contribution in [3.63, 3.8) is 0 Å². The Labute approximate surface area is 359 Å². The summed E-state index contributed by atoms with van der Waals surface area (Å²) >= 11 is 0. The summed E-state index contributed by atoms with van der Waals surface area (Å²) < 4.78 is 0. The standard InChI is InChI=1S/C60H43N/c1-5-14-44(15-6-1)47-24-28-49(29-25-47)51-32-36-56(37-33-51)61(57-38-34-52(35-39-57)50-30-26-48(27-31-50)45-16-7-2-8-17-45)58-40-41-59(60(43-58)53-20-11-4-12-21-53)55-23-13-22-54(42-55)46-18-9-3-10-19-46/h1-43H. The molecule has 10 aromatic carbocycles. The minimum atomic E-state index is 1.08. The lowest BCUT2D eigenvalue weighted by atomic mass is 9.92. The Morgan fingerprint density at radius 2 is 0.459 bits per heavy atom. The van der Waals surface area contributed by atoms with E-state index in [-0.39, 0.29) is 0 Å². The fraction of sp³-hybridized carbons (Fsp3) is 0. The summed E-state index contributed by atoms with van der Waals surface area (Å²) in [6, 6.07) is 94.0. The second kappa shape index (κ2) is 17.1. The van der Waals surface area contributed by atoms with Crippen LogP contribution in [0.1, 0.15) is 0 Å². The lowest BCUT2D eigenvalue weighted by Crippen LogP contribution is -2.10. The Morgan fingerprint density at radius 1 is 0.164 bits per heavy atom. The van der Waals surface area contributed by atoms with Crippen LogP contribution in [-0.4, -0.2) is 0 Å². The third-order valence-electron chi connectivity index (χ3n) is 11.5. The van der Waals surface area contributed by atoms with E-state index >= 15 is 0 Å². The maximum Gasteiger partial charge on any atom is 0.0468 e. The first-order valence-electron chi connectivity index (χ1n) is 20.9. The highest BCUT2D eigenvalue weighted by atomic mass is 15.1. The first kappa shape index (κ1) is 37.3. The van der Waals surface area contributed by atoms with Gasteiger partial charge in [0.15, 0.2) is 0 Å². The minimum Gasteiger partial charge on any atom is -0.310 e. The summed E-state index contributed by atoms with van der Waals surface area (Å²) in [5, 5.41) is 0. The number of hydrogen-bond acceptors (Lipinski definition) is 1.